The molecular formula is C8H10N2O2. The van der Waals surface area contributed by atoms with E-state index in [1.807, 2.05) is 0 Å². The zero-order chi connectivity index (χ0) is 9.19. The number of aromatic nitrogens is 1. The van der Waals surface area contributed by atoms with Crippen LogP contribution in [0.15, 0.2) is 18.5 Å². The van der Waals surface area contributed by atoms with Crippen LogP contribution in [0.1, 0.15) is 12.5 Å². The molecule has 0 fully saturated rings. The number of nitrogens with zero attached hydrogens (tertiary/aromatic N) is 1. The Morgan fingerprint density at radius 2 is 2.42 bits per heavy atom. The van der Waals surface area contributed by atoms with Crippen LogP contribution < -0.4 is 5.73 Å². The molecule has 1 aromatic heterocycles. The van der Waals surface area contributed by atoms with Gasteiger partial charge in [0.25, 0.3) is 0 Å². The Morgan fingerprint density at radius 1 is 1.75 bits per heavy atom. The Kier molecular flexibility index (Phi) is 2.10. The minimum absolute atomic E-state index is 0.333. The van der Waals surface area contributed by atoms with E-state index in [9.17, 15) is 9.90 Å². The number of nitrogens with two attached hydrogens (primary N) is 1. The van der Waals surface area contributed by atoms with Crippen LogP contribution in [0.5, 0.6) is 0 Å². The Morgan fingerprint density at radius 3 is 2.92 bits per heavy atom. The number of nitrogen functional groups attached to an aromatic ring is 1. The number of rotatable bonds is 2. The van der Waals surface area contributed by atoms with Crippen LogP contribution in [0.4, 0.5) is 5.69 Å². The lowest BCUT2D eigenvalue weighted by Gasteiger charge is -2.16. The minimum atomic E-state index is -1.54. The highest BCUT2D eigenvalue weighted by Crippen LogP contribution is 2.22. The van der Waals surface area contributed by atoms with Crippen LogP contribution in [0.2, 0.25) is 0 Å². The third kappa shape index (κ3) is 1.43. The van der Waals surface area contributed by atoms with E-state index >= 15 is 0 Å². The summed E-state index contributed by atoms with van der Waals surface area (Å²) in [5.74, 6) is 0. The van der Waals surface area contributed by atoms with Crippen molar-refractivity contribution in [3.05, 3.63) is 24.0 Å². The number of carbonyl (C=O) groups excluding carboxylic acids is 1. The number of aldehydes is 1. The standard InChI is InChI=1S/C8H10N2O2/c1-8(12,5-11)6-4-10-3-2-7(6)9/h2-5,12H,1H3,(H2,9,10). The predicted octanol–water partition coefficient (Wildman–Crippen LogP) is 0.0702. The Balaban J connectivity index is 3.19. The monoisotopic (exact) mass is 166 g/mol. The average Bonchev–Trinajstić information content (AvgIpc) is 2.05. The molecule has 1 heterocycles. The lowest BCUT2D eigenvalue weighted by Crippen LogP contribution is -2.24. The van der Waals surface area contributed by atoms with E-state index in [1.165, 1.54) is 25.4 Å². The zero-order valence-electron chi connectivity index (χ0n) is 6.69. The van der Waals surface area contributed by atoms with Crippen molar-refractivity contribution in [1.29, 1.82) is 0 Å². The third-order valence-corrected chi connectivity index (χ3v) is 1.63. The highest BCUT2D eigenvalue weighted by molar-refractivity contribution is 5.69. The SMILES string of the molecule is CC(O)(C=O)c1cnccc1N. The van der Waals surface area contributed by atoms with Crippen LogP contribution in [-0.2, 0) is 10.4 Å². The third-order valence-electron chi connectivity index (χ3n) is 1.63. The van der Waals surface area contributed by atoms with Gasteiger partial charge in [-0.15, -0.1) is 0 Å². The number of pyridine rings is 1. The summed E-state index contributed by atoms with van der Waals surface area (Å²) in [5, 5.41) is 9.49. The maximum Gasteiger partial charge on any atom is 0.155 e. The van der Waals surface area contributed by atoms with E-state index in [0.29, 0.717) is 17.5 Å². The van der Waals surface area contributed by atoms with Crippen LogP contribution >= 0.6 is 0 Å². The number of anilines is 1. The molecule has 0 spiro atoms. The minimum Gasteiger partial charge on any atom is -0.398 e. The van der Waals surface area contributed by atoms with Crippen molar-refractivity contribution < 1.29 is 9.90 Å². The fraction of sp³-hybridized carbons (Fsp3) is 0.250. The molecule has 64 valence electrons. The fourth-order valence-corrected chi connectivity index (χ4v) is 0.892. The summed E-state index contributed by atoms with van der Waals surface area (Å²) in [6, 6.07) is 1.54. The summed E-state index contributed by atoms with van der Waals surface area (Å²) in [6.45, 7) is 1.37. The highest BCUT2D eigenvalue weighted by atomic mass is 16.3. The first kappa shape index (κ1) is 8.67. The van der Waals surface area contributed by atoms with Gasteiger partial charge in [-0.25, -0.2) is 0 Å². The second-order valence-corrected chi connectivity index (χ2v) is 2.73. The molecule has 0 aliphatic rings. The molecule has 3 N–H and O–H groups in total. The number of hydrogen-bond donors (Lipinski definition) is 2. The van der Waals surface area contributed by atoms with E-state index < -0.39 is 5.60 Å². The molecule has 12 heavy (non-hydrogen) atoms. The van der Waals surface area contributed by atoms with Crippen molar-refractivity contribution in [2.24, 2.45) is 0 Å². The topological polar surface area (TPSA) is 76.2 Å². The van der Waals surface area contributed by atoms with Crippen molar-refractivity contribution in [3.8, 4) is 0 Å². The first-order valence-corrected chi connectivity index (χ1v) is 3.46. The largest absolute Gasteiger partial charge is 0.398 e. The van der Waals surface area contributed by atoms with Gasteiger partial charge in [-0.3, -0.25) is 9.78 Å². The second-order valence-electron chi connectivity index (χ2n) is 2.73. The summed E-state index contributed by atoms with van der Waals surface area (Å²) in [4.78, 5) is 14.2. The number of hydrogen-bond acceptors (Lipinski definition) is 4. The Labute approximate surface area is 70.0 Å². The normalized spacial score (nSPS) is 15.2. The molecular weight excluding hydrogens is 156 g/mol. The molecule has 0 bridgehead atoms. The van der Waals surface area contributed by atoms with E-state index in [0.717, 1.165) is 0 Å². The van der Waals surface area contributed by atoms with Gasteiger partial charge in [0.15, 0.2) is 6.29 Å². The van der Waals surface area contributed by atoms with Crippen molar-refractivity contribution >= 4 is 12.0 Å². The molecule has 0 saturated carbocycles. The molecule has 0 amide bonds. The molecule has 0 radical (unpaired) electrons. The molecule has 1 atom stereocenters. The number of aliphatic hydroxyl groups is 1. The molecule has 0 aromatic carbocycles. The van der Waals surface area contributed by atoms with Gasteiger partial charge in [-0.1, -0.05) is 0 Å². The summed E-state index contributed by atoms with van der Waals surface area (Å²) >= 11 is 0. The summed E-state index contributed by atoms with van der Waals surface area (Å²) in [5.41, 5.74) is 4.68. The molecule has 1 aromatic rings. The quantitative estimate of drug-likeness (QED) is 0.609. The highest BCUT2D eigenvalue weighted by Gasteiger charge is 2.24. The van der Waals surface area contributed by atoms with E-state index in [2.05, 4.69) is 4.98 Å². The molecule has 1 unspecified atom stereocenters. The van der Waals surface area contributed by atoms with Gasteiger partial charge in [0.05, 0.1) is 0 Å². The van der Waals surface area contributed by atoms with Gasteiger partial charge in [-0.2, -0.15) is 0 Å². The zero-order valence-corrected chi connectivity index (χ0v) is 6.69. The summed E-state index contributed by atoms with van der Waals surface area (Å²) in [6.07, 6.45) is 3.31. The maximum atomic E-state index is 10.4. The van der Waals surface area contributed by atoms with Crippen LogP contribution in [-0.4, -0.2) is 16.4 Å². The molecule has 4 nitrogen and oxygen atoms in total. The predicted molar refractivity (Wildman–Crippen MR) is 44.3 cm³/mol. The lowest BCUT2D eigenvalue weighted by atomic mass is 9.98. The van der Waals surface area contributed by atoms with Crippen LogP contribution in [0, 0.1) is 0 Å². The number of carbonyl (C=O) groups is 1. The van der Waals surface area contributed by atoms with Crippen LogP contribution in [0.25, 0.3) is 0 Å². The second kappa shape index (κ2) is 2.91. The van der Waals surface area contributed by atoms with Crippen molar-refractivity contribution in [1.82, 2.24) is 4.98 Å². The van der Waals surface area contributed by atoms with Crippen molar-refractivity contribution in [3.63, 3.8) is 0 Å². The Hall–Kier alpha value is -1.42. The van der Waals surface area contributed by atoms with Gasteiger partial charge >= 0.3 is 0 Å². The summed E-state index contributed by atoms with van der Waals surface area (Å²) in [7, 11) is 0. The molecule has 4 heteroatoms. The van der Waals surface area contributed by atoms with E-state index in [4.69, 9.17) is 5.73 Å². The first-order valence-electron chi connectivity index (χ1n) is 3.46. The molecule has 0 aliphatic carbocycles. The van der Waals surface area contributed by atoms with Crippen LogP contribution in [0.3, 0.4) is 0 Å². The van der Waals surface area contributed by atoms with Crippen molar-refractivity contribution in [2.45, 2.75) is 12.5 Å². The molecule has 0 saturated heterocycles. The van der Waals surface area contributed by atoms with E-state index in [-0.39, 0.29) is 0 Å². The summed E-state index contributed by atoms with van der Waals surface area (Å²) < 4.78 is 0. The molecule has 0 aliphatic heterocycles. The molecule has 1 rings (SSSR count). The Bertz CT molecular complexity index is 297. The van der Waals surface area contributed by atoms with Gasteiger partial charge < -0.3 is 10.8 Å². The van der Waals surface area contributed by atoms with Crippen molar-refractivity contribution in [2.75, 3.05) is 5.73 Å². The van der Waals surface area contributed by atoms with Gasteiger partial charge in [0.1, 0.15) is 5.60 Å². The first-order chi connectivity index (χ1) is 5.58. The van der Waals surface area contributed by atoms with Gasteiger partial charge in [0, 0.05) is 23.6 Å². The average molecular weight is 166 g/mol. The maximum absolute atomic E-state index is 10.4. The lowest BCUT2D eigenvalue weighted by molar-refractivity contribution is -0.123. The van der Waals surface area contributed by atoms with Gasteiger partial charge in [-0.05, 0) is 13.0 Å². The smallest absolute Gasteiger partial charge is 0.155 e. The van der Waals surface area contributed by atoms with Gasteiger partial charge in [0.2, 0.25) is 0 Å². The fourth-order valence-electron chi connectivity index (χ4n) is 0.892. The van der Waals surface area contributed by atoms with E-state index in [1.54, 1.807) is 0 Å².